The number of carbonyl (C=O) groups excluding carboxylic acids is 1. The Labute approximate surface area is 125 Å². The van der Waals surface area contributed by atoms with Crippen molar-refractivity contribution in [3.05, 3.63) is 11.1 Å². The largest absolute Gasteiger partial charge is 0.481 e. The predicted octanol–water partition coefficient (Wildman–Crippen LogP) is 2.06. The molecule has 110 valence electrons. The molecule has 21 heavy (non-hydrogen) atoms. The van der Waals surface area contributed by atoms with Crippen LogP contribution in [-0.4, -0.2) is 27.6 Å². The van der Waals surface area contributed by atoms with Crippen LogP contribution >= 0.6 is 11.3 Å². The molecule has 8 heteroatoms. The van der Waals surface area contributed by atoms with Crippen LogP contribution in [0.15, 0.2) is 16.4 Å². The zero-order valence-corrected chi connectivity index (χ0v) is 12.0. The fraction of sp³-hybridized carbons (Fsp3) is 0.462. The van der Waals surface area contributed by atoms with Gasteiger partial charge in [0.15, 0.2) is 10.8 Å². The van der Waals surface area contributed by atoms with E-state index in [1.54, 1.807) is 0 Å². The number of carboxylic acid groups (broad SMARTS) is 1. The Morgan fingerprint density at radius 3 is 2.81 bits per heavy atom. The summed E-state index contributed by atoms with van der Waals surface area (Å²) in [4.78, 5) is 26.9. The smallest absolute Gasteiger partial charge is 0.308 e. The summed E-state index contributed by atoms with van der Waals surface area (Å²) in [6.07, 6.45) is 8.59. The molecule has 2 heterocycles. The first-order valence-corrected chi connectivity index (χ1v) is 7.18. The zero-order chi connectivity index (χ0) is 15.3. The van der Waals surface area contributed by atoms with Gasteiger partial charge in [0.25, 0.3) is 0 Å². The molecule has 0 radical (unpaired) electrons. The van der Waals surface area contributed by atoms with Crippen LogP contribution in [0, 0.1) is 12.3 Å². The molecule has 0 bridgehead atoms. The number of thiazole rings is 1. The summed E-state index contributed by atoms with van der Waals surface area (Å²) in [5.74, 6) is 1.41. The van der Waals surface area contributed by atoms with E-state index in [0.29, 0.717) is 29.3 Å². The molecule has 0 saturated carbocycles. The molecule has 1 aliphatic heterocycles. The summed E-state index contributed by atoms with van der Waals surface area (Å²) in [5, 5.41) is 19.6. The standard InChI is InChI=1S/C13H14N4O3S/c1-2-3-5-13(16-17-13)6-4-10(18)15-12-14-8-9(21-12)7-11(19)20/h1,8H,3-7H2,(H,19,20)(H,14,15,18). The maximum Gasteiger partial charge on any atom is 0.308 e. The Kier molecular flexibility index (Phi) is 4.65. The van der Waals surface area contributed by atoms with Crippen LogP contribution in [0.3, 0.4) is 0 Å². The van der Waals surface area contributed by atoms with Gasteiger partial charge in [-0.25, -0.2) is 4.98 Å². The summed E-state index contributed by atoms with van der Waals surface area (Å²) in [6.45, 7) is 0. The Hall–Kier alpha value is -2.27. The van der Waals surface area contributed by atoms with Crippen LogP contribution in [0.25, 0.3) is 0 Å². The van der Waals surface area contributed by atoms with Crippen LogP contribution in [-0.2, 0) is 16.0 Å². The average molecular weight is 306 g/mol. The Bertz CT molecular complexity index is 611. The van der Waals surface area contributed by atoms with Crippen LogP contribution < -0.4 is 5.32 Å². The van der Waals surface area contributed by atoms with E-state index in [0.717, 1.165) is 11.3 Å². The highest BCUT2D eigenvalue weighted by Gasteiger charge is 2.39. The van der Waals surface area contributed by atoms with Crippen LogP contribution in [0.2, 0.25) is 0 Å². The molecule has 1 aliphatic rings. The number of nitrogens with one attached hydrogen (secondary N) is 1. The quantitative estimate of drug-likeness (QED) is 0.717. The summed E-state index contributed by atoms with van der Waals surface area (Å²) in [7, 11) is 0. The lowest BCUT2D eigenvalue weighted by Crippen LogP contribution is -2.17. The molecule has 0 aromatic carbocycles. The van der Waals surface area contributed by atoms with Gasteiger partial charge < -0.3 is 10.4 Å². The van der Waals surface area contributed by atoms with Gasteiger partial charge in [-0.05, 0) is 0 Å². The highest BCUT2D eigenvalue weighted by Crippen LogP contribution is 2.37. The van der Waals surface area contributed by atoms with E-state index < -0.39 is 11.6 Å². The number of carboxylic acids is 1. The van der Waals surface area contributed by atoms with Gasteiger partial charge in [-0.3, -0.25) is 9.59 Å². The number of amides is 1. The molecule has 0 aliphatic carbocycles. The molecule has 1 aromatic rings. The second kappa shape index (κ2) is 6.45. The maximum absolute atomic E-state index is 11.8. The van der Waals surface area contributed by atoms with Crippen molar-refractivity contribution < 1.29 is 14.7 Å². The number of nitrogens with zero attached hydrogens (tertiary/aromatic N) is 3. The van der Waals surface area contributed by atoms with Gasteiger partial charge in [-0.15, -0.1) is 23.7 Å². The Morgan fingerprint density at radius 1 is 1.43 bits per heavy atom. The second-order valence-corrected chi connectivity index (χ2v) is 5.75. The minimum absolute atomic E-state index is 0.0967. The van der Waals surface area contributed by atoms with E-state index >= 15 is 0 Å². The Balaban J connectivity index is 1.76. The number of hydrogen-bond acceptors (Lipinski definition) is 6. The van der Waals surface area contributed by atoms with E-state index in [1.165, 1.54) is 6.20 Å². The van der Waals surface area contributed by atoms with Gasteiger partial charge in [0, 0.05) is 36.8 Å². The summed E-state index contributed by atoms with van der Waals surface area (Å²) < 4.78 is 0. The van der Waals surface area contributed by atoms with E-state index in [-0.39, 0.29) is 18.7 Å². The minimum atomic E-state index is -0.927. The van der Waals surface area contributed by atoms with Gasteiger partial charge in [-0.2, -0.15) is 10.2 Å². The molecule has 0 saturated heterocycles. The van der Waals surface area contributed by atoms with E-state index in [2.05, 4.69) is 26.4 Å². The third-order valence-electron chi connectivity index (χ3n) is 2.93. The number of carbonyl (C=O) groups is 2. The third kappa shape index (κ3) is 4.65. The molecule has 2 N–H and O–H groups in total. The predicted molar refractivity (Wildman–Crippen MR) is 77.0 cm³/mol. The van der Waals surface area contributed by atoms with Gasteiger partial charge in [0.2, 0.25) is 5.91 Å². The SMILES string of the molecule is C#CCCC1(CCC(=O)Nc2ncc(CC(=O)O)s2)N=N1. The van der Waals surface area contributed by atoms with E-state index in [9.17, 15) is 9.59 Å². The minimum Gasteiger partial charge on any atom is -0.481 e. The third-order valence-corrected chi connectivity index (χ3v) is 3.84. The molecule has 0 atom stereocenters. The molecular weight excluding hydrogens is 292 g/mol. The van der Waals surface area contributed by atoms with Crippen LogP contribution in [0.1, 0.15) is 30.6 Å². The molecule has 7 nitrogen and oxygen atoms in total. The van der Waals surface area contributed by atoms with Crippen LogP contribution in [0.5, 0.6) is 0 Å². The number of terminal acetylenes is 1. The number of rotatable bonds is 8. The number of aromatic nitrogens is 1. The molecule has 1 aromatic heterocycles. The highest BCUT2D eigenvalue weighted by molar-refractivity contribution is 7.15. The maximum atomic E-state index is 11.8. The summed E-state index contributed by atoms with van der Waals surface area (Å²) in [5.41, 5.74) is -0.471. The van der Waals surface area contributed by atoms with Gasteiger partial charge in [0.1, 0.15) is 0 Å². The first-order valence-electron chi connectivity index (χ1n) is 6.37. The van der Waals surface area contributed by atoms with Gasteiger partial charge in [-0.1, -0.05) is 0 Å². The molecule has 0 unspecified atom stereocenters. The molecule has 0 spiro atoms. The summed E-state index contributed by atoms with van der Waals surface area (Å²) in [6, 6.07) is 0. The first kappa shape index (κ1) is 15.1. The van der Waals surface area contributed by atoms with Gasteiger partial charge >= 0.3 is 5.97 Å². The van der Waals surface area contributed by atoms with Crippen molar-refractivity contribution in [1.29, 1.82) is 0 Å². The van der Waals surface area contributed by atoms with Gasteiger partial charge in [0.05, 0.1) is 6.42 Å². The lowest BCUT2D eigenvalue weighted by atomic mass is 10.0. The van der Waals surface area contributed by atoms with Crippen molar-refractivity contribution in [3.8, 4) is 12.3 Å². The van der Waals surface area contributed by atoms with Crippen LogP contribution in [0.4, 0.5) is 5.13 Å². The lowest BCUT2D eigenvalue weighted by Gasteiger charge is -2.07. The number of anilines is 1. The molecule has 0 fully saturated rings. The van der Waals surface area contributed by atoms with E-state index in [4.69, 9.17) is 11.5 Å². The number of aliphatic carboxylic acids is 1. The number of hydrogen-bond donors (Lipinski definition) is 2. The normalized spacial score (nSPS) is 14.4. The van der Waals surface area contributed by atoms with Crippen molar-refractivity contribution in [2.45, 2.75) is 37.8 Å². The molecule has 2 rings (SSSR count). The highest BCUT2D eigenvalue weighted by atomic mass is 32.1. The molecule has 1 amide bonds. The monoisotopic (exact) mass is 306 g/mol. The van der Waals surface area contributed by atoms with Crippen molar-refractivity contribution in [2.75, 3.05) is 5.32 Å². The topological polar surface area (TPSA) is 104 Å². The average Bonchev–Trinajstić information content (AvgIpc) is 3.08. The van der Waals surface area contributed by atoms with Crippen molar-refractivity contribution in [3.63, 3.8) is 0 Å². The van der Waals surface area contributed by atoms with E-state index in [1.807, 2.05) is 0 Å². The lowest BCUT2D eigenvalue weighted by molar-refractivity contribution is -0.136. The Morgan fingerprint density at radius 2 is 2.19 bits per heavy atom. The van der Waals surface area contributed by atoms with Crippen molar-refractivity contribution in [1.82, 2.24) is 4.98 Å². The summed E-state index contributed by atoms with van der Waals surface area (Å²) >= 11 is 1.16. The first-order chi connectivity index (χ1) is 10.0. The zero-order valence-electron chi connectivity index (χ0n) is 11.2. The van der Waals surface area contributed by atoms with Crippen molar-refractivity contribution in [2.24, 2.45) is 10.2 Å². The fourth-order valence-corrected chi connectivity index (χ4v) is 2.58. The second-order valence-electron chi connectivity index (χ2n) is 4.64. The van der Waals surface area contributed by atoms with Crippen molar-refractivity contribution >= 4 is 28.3 Å². The molecular formula is C13H14N4O3S. The fourth-order valence-electron chi connectivity index (χ4n) is 1.76.